The number of nitrogens with zero attached hydrogens (tertiary/aromatic N) is 2. The highest BCUT2D eigenvalue weighted by molar-refractivity contribution is 7.89. The Kier molecular flexibility index (Phi) is 6.60. The van der Waals surface area contributed by atoms with Crippen molar-refractivity contribution >= 4 is 37.5 Å². The molecule has 0 unspecified atom stereocenters. The van der Waals surface area contributed by atoms with Crippen molar-refractivity contribution in [3.63, 3.8) is 0 Å². The van der Waals surface area contributed by atoms with Gasteiger partial charge < -0.3 is 4.90 Å². The Balaban J connectivity index is 1.49. The summed E-state index contributed by atoms with van der Waals surface area (Å²) in [5, 5.41) is 0. The van der Waals surface area contributed by atoms with Crippen LogP contribution < -0.4 is 9.60 Å². The van der Waals surface area contributed by atoms with Crippen LogP contribution >= 0.6 is 11.3 Å². The second-order valence-corrected chi connectivity index (χ2v) is 11.0. The van der Waals surface area contributed by atoms with E-state index < -0.39 is 10.0 Å². The molecule has 30 heavy (non-hydrogen) atoms. The molecule has 2 fully saturated rings. The highest BCUT2D eigenvalue weighted by Gasteiger charge is 2.23. The third-order valence-electron chi connectivity index (χ3n) is 6.14. The topological polar surface area (TPSA) is 88.5 Å². The molecule has 7 nitrogen and oxygen atoms in total. The van der Waals surface area contributed by atoms with Crippen LogP contribution in [0.3, 0.4) is 0 Å². The minimum Gasteiger partial charge on any atom is -0.343 e. The highest BCUT2D eigenvalue weighted by Crippen LogP contribution is 2.24. The maximum absolute atomic E-state index is 12.8. The first-order valence-electron chi connectivity index (χ1n) is 10.9. The van der Waals surface area contributed by atoms with Gasteiger partial charge >= 0.3 is 4.87 Å². The van der Waals surface area contributed by atoms with Gasteiger partial charge in [0, 0.05) is 32.1 Å². The van der Waals surface area contributed by atoms with Crippen LogP contribution in [-0.4, -0.2) is 42.9 Å². The van der Waals surface area contributed by atoms with Crippen LogP contribution in [0.2, 0.25) is 0 Å². The molecular formula is C21H29N3O4S2. The summed E-state index contributed by atoms with van der Waals surface area (Å²) in [6.45, 7) is 1.92. The molecule has 1 amide bonds. The SMILES string of the molecule is O=C(CCn1c(=O)sc2cc(S(=O)(=O)NC3CCCCC3)ccc21)N1CCCCC1. The first-order valence-corrected chi connectivity index (χ1v) is 13.2. The molecule has 1 N–H and O–H groups in total. The second-order valence-electron chi connectivity index (χ2n) is 8.30. The molecule has 0 radical (unpaired) electrons. The summed E-state index contributed by atoms with van der Waals surface area (Å²) in [4.78, 5) is 26.9. The molecule has 0 spiro atoms. The number of likely N-dealkylation sites (tertiary alicyclic amines) is 1. The van der Waals surface area contributed by atoms with E-state index in [0.29, 0.717) is 16.8 Å². The van der Waals surface area contributed by atoms with Gasteiger partial charge in [-0.05, 0) is 50.3 Å². The van der Waals surface area contributed by atoms with E-state index in [0.717, 1.165) is 69.4 Å². The van der Waals surface area contributed by atoms with Crippen LogP contribution in [0.4, 0.5) is 0 Å². The minimum atomic E-state index is -3.61. The smallest absolute Gasteiger partial charge is 0.308 e. The molecular weight excluding hydrogens is 422 g/mol. The van der Waals surface area contributed by atoms with E-state index in [9.17, 15) is 18.0 Å². The number of aryl methyl sites for hydroxylation is 1. The average Bonchev–Trinajstić information content (AvgIpc) is 3.07. The Hall–Kier alpha value is -1.71. The molecule has 1 aliphatic carbocycles. The third-order valence-corrected chi connectivity index (χ3v) is 8.60. The van der Waals surface area contributed by atoms with E-state index in [2.05, 4.69) is 4.72 Å². The molecule has 0 atom stereocenters. The number of fused-ring (bicyclic) bond motifs is 1. The predicted molar refractivity (Wildman–Crippen MR) is 118 cm³/mol. The van der Waals surface area contributed by atoms with Crippen molar-refractivity contribution in [2.75, 3.05) is 13.1 Å². The minimum absolute atomic E-state index is 0.0106. The van der Waals surface area contributed by atoms with E-state index in [1.54, 1.807) is 22.8 Å². The van der Waals surface area contributed by atoms with Crippen molar-refractivity contribution in [2.45, 2.75) is 75.3 Å². The number of amides is 1. The molecule has 2 heterocycles. The lowest BCUT2D eigenvalue weighted by Gasteiger charge is -2.26. The third kappa shape index (κ3) is 4.78. The Morgan fingerprint density at radius 3 is 2.50 bits per heavy atom. The molecule has 9 heteroatoms. The van der Waals surface area contributed by atoms with Gasteiger partial charge in [-0.15, -0.1) is 0 Å². The summed E-state index contributed by atoms with van der Waals surface area (Å²) in [5.74, 6) is 0.0804. The number of rotatable bonds is 6. The summed E-state index contributed by atoms with van der Waals surface area (Å²) < 4.78 is 30.6. The molecule has 2 aromatic rings. The van der Waals surface area contributed by atoms with Crippen LogP contribution in [-0.2, 0) is 21.4 Å². The summed E-state index contributed by atoms with van der Waals surface area (Å²) in [7, 11) is -3.61. The lowest BCUT2D eigenvalue weighted by atomic mass is 9.96. The average molecular weight is 452 g/mol. The van der Waals surface area contributed by atoms with Crippen molar-refractivity contribution in [3.05, 3.63) is 27.9 Å². The number of sulfonamides is 1. The number of hydrogen-bond donors (Lipinski definition) is 1. The van der Waals surface area contributed by atoms with Gasteiger partial charge in [-0.1, -0.05) is 30.6 Å². The lowest BCUT2D eigenvalue weighted by Crippen LogP contribution is -2.36. The number of aromatic nitrogens is 1. The standard InChI is InChI=1S/C21H29N3O4S2/c25-20(23-12-5-2-6-13-23)11-14-24-18-10-9-17(15-19(18)29-21(24)26)30(27,28)22-16-7-3-1-4-8-16/h9-10,15-16,22H,1-8,11-14H2. The molecule has 0 bridgehead atoms. The Morgan fingerprint density at radius 2 is 1.77 bits per heavy atom. The number of piperidine rings is 1. The largest absolute Gasteiger partial charge is 0.343 e. The molecule has 1 aromatic heterocycles. The van der Waals surface area contributed by atoms with Crippen molar-refractivity contribution < 1.29 is 13.2 Å². The van der Waals surface area contributed by atoms with Crippen LogP contribution in [0.15, 0.2) is 27.9 Å². The van der Waals surface area contributed by atoms with Crippen LogP contribution in [0.5, 0.6) is 0 Å². The molecule has 1 aromatic carbocycles. The summed E-state index contributed by atoms with van der Waals surface area (Å²) in [6.07, 6.45) is 8.53. The number of hydrogen-bond acceptors (Lipinski definition) is 5. The van der Waals surface area contributed by atoms with Gasteiger partial charge in [-0.25, -0.2) is 13.1 Å². The van der Waals surface area contributed by atoms with E-state index >= 15 is 0 Å². The monoisotopic (exact) mass is 451 g/mol. The quantitative estimate of drug-likeness (QED) is 0.731. The van der Waals surface area contributed by atoms with Gasteiger partial charge in [-0.2, -0.15) is 0 Å². The van der Waals surface area contributed by atoms with Crippen molar-refractivity contribution in [3.8, 4) is 0 Å². The lowest BCUT2D eigenvalue weighted by molar-refractivity contribution is -0.132. The number of carbonyl (C=O) groups excluding carboxylic acids is 1. The number of thiazole rings is 1. The van der Waals surface area contributed by atoms with E-state index in [-0.39, 0.29) is 28.1 Å². The number of carbonyl (C=O) groups is 1. The summed E-state index contributed by atoms with van der Waals surface area (Å²) in [6, 6.07) is 4.81. The fourth-order valence-corrected chi connectivity index (χ4v) is 6.80. The first-order chi connectivity index (χ1) is 14.4. The fraction of sp³-hybridized carbons (Fsp3) is 0.619. The summed E-state index contributed by atoms with van der Waals surface area (Å²) >= 11 is 1.03. The zero-order chi connectivity index (χ0) is 21.1. The van der Waals surface area contributed by atoms with Gasteiger partial charge in [0.2, 0.25) is 15.9 Å². The normalized spacial score (nSPS) is 18.7. The first kappa shape index (κ1) is 21.5. The van der Waals surface area contributed by atoms with Gasteiger partial charge in [-0.3, -0.25) is 14.2 Å². The van der Waals surface area contributed by atoms with E-state index in [1.807, 2.05) is 4.90 Å². The molecule has 1 saturated carbocycles. The number of nitrogens with one attached hydrogen (secondary N) is 1. The maximum Gasteiger partial charge on any atom is 0.308 e. The number of benzene rings is 1. The molecule has 1 aliphatic heterocycles. The fourth-order valence-electron chi connectivity index (χ4n) is 4.44. The zero-order valence-corrected chi connectivity index (χ0v) is 18.8. The molecule has 4 rings (SSSR count). The van der Waals surface area contributed by atoms with Gasteiger partial charge in [0.05, 0.1) is 15.1 Å². The second kappa shape index (κ2) is 9.20. The highest BCUT2D eigenvalue weighted by atomic mass is 32.2. The van der Waals surface area contributed by atoms with E-state index in [4.69, 9.17) is 0 Å². The molecule has 164 valence electrons. The van der Waals surface area contributed by atoms with Gasteiger partial charge in [0.15, 0.2) is 0 Å². The maximum atomic E-state index is 12.8. The Labute approximate surface area is 181 Å². The van der Waals surface area contributed by atoms with Gasteiger partial charge in [0.1, 0.15) is 0 Å². The van der Waals surface area contributed by atoms with Crippen LogP contribution in [0.1, 0.15) is 57.8 Å². The van der Waals surface area contributed by atoms with Crippen molar-refractivity contribution in [1.29, 1.82) is 0 Å². The van der Waals surface area contributed by atoms with Crippen molar-refractivity contribution in [1.82, 2.24) is 14.2 Å². The zero-order valence-electron chi connectivity index (χ0n) is 17.1. The van der Waals surface area contributed by atoms with Crippen molar-refractivity contribution in [2.24, 2.45) is 0 Å². The van der Waals surface area contributed by atoms with Crippen LogP contribution in [0.25, 0.3) is 10.2 Å². The van der Waals surface area contributed by atoms with Gasteiger partial charge in [0.25, 0.3) is 0 Å². The van der Waals surface area contributed by atoms with Crippen LogP contribution in [0, 0.1) is 0 Å². The molecule has 1 saturated heterocycles. The Bertz CT molecular complexity index is 1060. The predicted octanol–water partition coefficient (Wildman–Crippen LogP) is 3.08. The summed E-state index contributed by atoms with van der Waals surface area (Å²) in [5.41, 5.74) is 0.688. The Morgan fingerprint density at radius 1 is 1.07 bits per heavy atom. The molecule has 2 aliphatic rings. The van der Waals surface area contributed by atoms with E-state index in [1.165, 1.54) is 6.42 Å².